The number of halogens is 1. The van der Waals surface area contributed by atoms with Crippen molar-refractivity contribution in [3.63, 3.8) is 0 Å². The molecule has 0 amide bonds. The van der Waals surface area contributed by atoms with Gasteiger partial charge in [0.05, 0.1) is 9.40 Å². The average Bonchev–Trinajstić information content (AvgIpc) is 2.18. The highest BCUT2D eigenvalue weighted by molar-refractivity contribution is 9.10. The summed E-state index contributed by atoms with van der Waals surface area (Å²) in [7, 11) is 0. The number of nitrogens with two attached hydrogens (primary N) is 1. The molecule has 0 aliphatic heterocycles. The number of hydrogen-bond donors (Lipinski definition) is 1. The molecule has 1 saturated carbocycles. The van der Waals surface area contributed by atoms with Crippen LogP contribution in [0.25, 0.3) is 0 Å². The van der Waals surface area contributed by atoms with Gasteiger partial charge >= 0.3 is 0 Å². The molecule has 1 fully saturated rings. The molecule has 6 heteroatoms. The summed E-state index contributed by atoms with van der Waals surface area (Å²) in [6.07, 6.45) is 1.81. The third-order valence-corrected chi connectivity index (χ3v) is 3.17. The van der Waals surface area contributed by atoms with Crippen LogP contribution in [0.5, 0.6) is 5.75 Å². The van der Waals surface area contributed by atoms with E-state index in [4.69, 9.17) is 10.5 Å². The van der Waals surface area contributed by atoms with E-state index < -0.39 is 4.92 Å². The van der Waals surface area contributed by atoms with E-state index in [2.05, 4.69) is 15.9 Å². The molecule has 5 nitrogen and oxygen atoms in total. The molecular weight excluding hydrogens is 276 g/mol. The molecule has 1 aliphatic carbocycles. The van der Waals surface area contributed by atoms with Gasteiger partial charge in [0.1, 0.15) is 11.9 Å². The summed E-state index contributed by atoms with van der Waals surface area (Å²) in [5, 5.41) is 10.5. The van der Waals surface area contributed by atoms with E-state index in [1.165, 1.54) is 12.1 Å². The highest BCUT2D eigenvalue weighted by atomic mass is 79.9. The first kappa shape index (κ1) is 11.3. The number of benzene rings is 1. The Labute approximate surface area is 101 Å². The van der Waals surface area contributed by atoms with Crippen LogP contribution < -0.4 is 10.5 Å². The first-order chi connectivity index (χ1) is 7.56. The lowest BCUT2D eigenvalue weighted by Crippen LogP contribution is -2.43. The van der Waals surface area contributed by atoms with E-state index in [0.717, 1.165) is 12.8 Å². The molecule has 1 aliphatic rings. The van der Waals surface area contributed by atoms with Crippen LogP contribution in [0.2, 0.25) is 0 Å². The molecule has 0 heterocycles. The van der Waals surface area contributed by atoms with Crippen molar-refractivity contribution in [1.82, 2.24) is 0 Å². The summed E-state index contributed by atoms with van der Waals surface area (Å²) < 4.78 is 6.24. The molecular formula is C10H11BrN2O3. The Kier molecular flexibility index (Phi) is 3.11. The molecule has 0 spiro atoms. The summed E-state index contributed by atoms with van der Waals surface area (Å²) >= 11 is 3.25. The second-order valence-corrected chi connectivity index (χ2v) is 4.70. The maximum atomic E-state index is 10.5. The fourth-order valence-corrected chi connectivity index (χ4v) is 2.04. The van der Waals surface area contributed by atoms with Gasteiger partial charge < -0.3 is 10.5 Å². The fraction of sp³-hybridized carbons (Fsp3) is 0.400. The standard InChI is InChI=1S/C10H11BrN2O3/c11-9-5-7(13(14)15)1-2-10(9)16-8-3-6(12)4-8/h1-2,5-6,8H,3-4,12H2. The lowest BCUT2D eigenvalue weighted by atomic mass is 9.90. The smallest absolute Gasteiger partial charge is 0.270 e. The molecule has 0 unspecified atom stereocenters. The molecule has 16 heavy (non-hydrogen) atoms. The van der Waals surface area contributed by atoms with Gasteiger partial charge in [-0.05, 0) is 34.8 Å². The van der Waals surface area contributed by atoms with Crippen molar-refractivity contribution >= 4 is 21.6 Å². The number of nitrogens with zero attached hydrogens (tertiary/aromatic N) is 1. The van der Waals surface area contributed by atoms with Crippen LogP contribution in [0.4, 0.5) is 5.69 Å². The molecule has 1 aromatic rings. The first-order valence-corrected chi connectivity index (χ1v) is 5.71. The Morgan fingerprint density at radius 1 is 1.50 bits per heavy atom. The van der Waals surface area contributed by atoms with Crippen LogP contribution in [0, 0.1) is 10.1 Å². The third kappa shape index (κ3) is 2.33. The van der Waals surface area contributed by atoms with Crippen molar-refractivity contribution in [2.45, 2.75) is 25.0 Å². The number of hydrogen-bond acceptors (Lipinski definition) is 4. The Balaban J connectivity index is 2.07. The Morgan fingerprint density at radius 2 is 2.19 bits per heavy atom. The van der Waals surface area contributed by atoms with Crippen molar-refractivity contribution in [3.8, 4) is 5.75 Å². The monoisotopic (exact) mass is 286 g/mol. The maximum absolute atomic E-state index is 10.5. The summed E-state index contributed by atoms with van der Waals surface area (Å²) in [6.45, 7) is 0. The zero-order valence-electron chi connectivity index (χ0n) is 8.43. The first-order valence-electron chi connectivity index (χ1n) is 4.92. The molecule has 2 rings (SSSR count). The topological polar surface area (TPSA) is 78.4 Å². The van der Waals surface area contributed by atoms with Gasteiger partial charge in [-0.1, -0.05) is 0 Å². The Hall–Kier alpha value is -1.14. The van der Waals surface area contributed by atoms with E-state index >= 15 is 0 Å². The van der Waals surface area contributed by atoms with Gasteiger partial charge in [0, 0.05) is 18.2 Å². The van der Waals surface area contributed by atoms with E-state index in [1.54, 1.807) is 6.07 Å². The van der Waals surface area contributed by atoms with Crippen molar-refractivity contribution < 1.29 is 9.66 Å². The zero-order valence-corrected chi connectivity index (χ0v) is 10.0. The predicted octanol–water partition coefficient (Wildman–Crippen LogP) is 2.23. The molecule has 1 aromatic carbocycles. The number of rotatable bonds is 3. The van der Waals surface area contributed by atoms with Gasteiger partial charge in [0.2, 0.25) is 0 Å². The molecule has 0 aromatic heterocycles. The van der Waals surface area contributed by atoms with Gasteiger partial charge in [0.15, 0.2) is 0 Å². The van der Waals surface area contributed by atoms with Gasteiger partial charge in [0.25, 0.3) is 5.69 Å². The molecule has 2 N–H and O–H groups in total. The quantitative estimate of drug-likeness (QED) is 0.683. The van der Waals surface area contributed by atoms with Crippen LogP contribution in [0.3, 0.4) is 0 Å². The summed E-state index contributed by atoms with van der Waals surface area (Å²) in [5.74, 6) is 0.627. The van der Waals surface area contributed by atoms with Crippen LogP contribution in [0.15, 0.2) is 22.7 Å². The number of ether oxygens (including phenoxy) is 1. The molecule has 0 bridgehead atoms. The van der Waals surface area contributed by atoms with Gasteiger partial charge in [-0.15, -0.1) is 0 Å². The van der Waals surface area contributed by atoms with Gasteiger partial charge in [-0.25, -0.2) is 0 Å². The second kappa shape index (κ2) is 4.39. The zero-order chi connectivity index (χ0) is 11.7. The van der Waals surface area contributed by atoms with Crippen molar-refractivity contribution in [2.24, 2.45) is 5.73 Å². The number of nitro groups is 1. The normalized spacial score (nSPS) is 23.6. The van der Waals surface area contributed by atoms with Gasteiger partial charge in [-0.2, -0.15) is 0 Å². The fourth-order valence-electron chi connectivity index (χ4n) is 1.58. The van der Waals surface area contributed by atoms with E-state index in [0.29, 0.717) is 10.2 Å². The lowest BCUT2D eigenvalue weighted by molar-refractivity contribution is -0.385. The summed E-state index contributed by atoms with van der Waals surface area (Å²) in [6, 6.07) is 4.69. The minimum absolute atomic E-state index is 0.0459. The van der Waals surface area contributed by atoms with Crippen LogP contribution in [-0.4, -0.2) is 17.1 Å². The molecule has 0 radical (unpaired) electrons. The van der Waals surface area contributed by atoms with Crippen LogP contribution in [0.1, 0.15) is 12.8 Å². The third-order valence-electron chi connectivity index (χ3n) is 2.55. The Morgan fingerprint density at radius 3 is 2.69 bits per heavy atom. The predicted molar refractivity (Wildman–Crippen MR) is 62.4 cm³/mol. The largest absolute Gasteiger partial charge is 0.489 e. The average molecular weight is 287 g/mol. The van der Waals surface area contributed by atoms with E-state index in [9.17, 15) is 10.1 Å². The SMILES string of the molecule is NC1CC(Oc2ccc([N+](=O)[O-])cc2Br)C1. The minimum atomic E-state index is -0.437. The number of non-ortho nitro benzene ring substituents is 1. The van der Waals surface area contributed by atoms with E-state index in [1.807, 2.05) is 0 Å². The highest BCUT2D eigenvalue weighted by Crippen LogP contribution is 2.32. The minimum Gasteiger partial charge on any atom is -0.489 e. The highest BCUT2D eigenvalue weighted by Gasteiger charge is 2.28. The second-order valence-electron chi connectivity index (χ2n) is 3.84. The Bertz CT molecular complexity index is 419. The maximum Gasteiger partial charge on any atom is 0.270 e. The molecule has 0 atom stereocenters. The molecule has 86 valence electrons. The lowest BCUT2D eigenvalue weighted by Gasteiger charge is -2.32. The van der Waals surface area contributed by atoms with Gasteiger partial charge in [-0.3, -0.25) is 10.1 Å². The summed E-state index contributed by atoms with van der Waals surface area (Å²) in [5.41, 5.74) is 5.69. The summed E-state index contributed by atoms with van der Waals surface area (Å²) in [4.78, 5) is 10.1. The van der Waals surface area contributed by atoms with Crippen molar-refractivity contribution in [1.29, 1.82) is 0 Å². The van der Waals surface area contributed by atoms with Crippen LogP contribution >= 0.6 is 15.9 Å². The van der Waals surface area contributed by atoms with Crippen molar-refractivity contribution in [2.75, 3.05) is 0 Å². The number of nitro benzene ring substituents is 1. The van der Waals surface area contributed by atoms with E-state index in [-0.39, 0.29) is 17.8 Å². The van der Waals surface area contributed by atoms with Crippen LogP contribution in [-0.2, 0) is 0 Å². The van der Waals surface area contributed by atoms with Crippen molar-refractivity contribution in [3.05, 3.63) is 32.8 Å². The molecule has 0 saturated heterocycles.